The first-order valence-electron chi connectivity index (χ1n) is 9.76. The molecule has 158 valence electrons. The summed E-state index contributed by atoms with van der Waals surface area (Å²) in [6.07, 6.45) is 1.49. The van der Waals surface area contributed by atoms with E-state index in [1.165, 1.54) is 0 Å². The number of rotatable bonds is 6. The van der Waals surface area contributed by atoms with E-state index in [0.717, 1.165) is 53.6 Å². The molecule has 1 unspecified atom stereocenters. The average Bonchev–Trinajstić information content (AvgIpc) is 3.36. The summed E-state index contributed by atoms with van der Waals surface area (Å²) < 4.78 is 6.98. The molecule has 2 N–H and O–H groups in total. The van der Waals surface area contributed by atoms with Crippen molar-refractivity contribution in [3.63, 3.8) is 0 Å². The maximum absolute atomic E-state index is 11.9. The molecule has 1 fully saturated rings. The van der Waals surface area contributed by atoms with Crippen LogP contribution in [0.4, 0.5) is 0 Å². The Morgan fingerprint density at radius 1 is 1.24 bits per heavy atom. The van der Waals surface area contributed by atoms with E-state index in [1.807, 2.05) is 55.1 Å². The Hall–Kier alpha value is -1.55. The number of hydrogen-bond acceptors (Lipinski definition) is 3. The van der Waals surface area contributed by atoms with E-state index in [4.69, 9.17) is 4.42 Å². The SMILES string of the molecule is CCNC(=NCc1ccc(-c2ccc(Br)cc2)o1)NC1CCN(C(=O)CC)C1.I. The lowest BCUT2D eigenvalue weighted by Gasteiger charge is -2.18. The van der Waals surface area contributed by atoms with Gasteiger partial charge in [0.25, 0.3) is 0 Å². The van der Waals surface area contributed by atoms with Crippen LogP contribution >= 0.6 is 39.9 Å². The number of hydrogen-bond donors (Lipinski definition) is 2. The summed E-state index contributed by atoms with van der Waals surface area (Å²) in [6.45, 7) is 6.70. The van der Waals surface area contributed by atoms with Crippen molar-refractivity contribution in [1.82, 2.24) is 15.5 Å². The number of aliphatic imine (C=N–C) groups is 1. The van der Waals surface area contributed by atoms with Gasteiger partial charge in [0, 0.05) is 42.1 Å². The van der Waals surface area contributed by atoms with Crippen molar-refractivity contribution >= 4 is 51.8 Å². The molecule has 0 radical (unpaired) electrons. The van der Waals surface area contributed by atoms with Crippen LogP contribution in [0, 0.1) is 0 Å². The Kier molecular flexibility index (Phi) is 9.48. The number of likely N-dealkylation sites (tertiary alicyclic amines) is 1. The van der Waals surface area contributed by atoms with Gasteiger partial charge in [-0.15, -0.1) is 24.0 Å². The van der Waals surface area contributed by atoms with Crippen LogP contribution in [-0.2, 0) is 11.3 Å². The van der Waals surface area contributed by atoms with E-state index >= 15 is 0 Å². The van der Waals surface area contributed by atoms with Gasteiger partial charge >= 0.3 is 0 Å². The number of guanidine groups is 1. The molecule has 8 heteroatoms. The van der Waals surface area contributed by atoms with Crippen LogP contribution < -0.4 is 10.6 Å². The molecule has 0 spiro atoms. The zero-order chi connectivity index (χ0) is 19.9. The number of amides is 1. The van der Waals surface area contributed by atoms with Gasteiger partial charge in [0.1, 0.15) is 18.1 Å². The molecule has 1 amide bonds. The minimum Gasteiger partial charge on any atom is -0.459 e. The first kappa shape index (κ1) is 23.7. The second-order valence-electron chi connectivity index (χ2n) is 6.79. The largest absolute Gasteiger partial charge is 0.459 e. The third-order valence-corrected chi connectivity index (χ3v) is 5.24. The van der Waals surface area contributed by atoms with Crippen LogP contribution in [0.1, 0.15) is 32.4 Å². The number of halogens is 2. The molecule has 6 nitrogen and oxygen atoms in total. The molecule has 29 heavy (non-hydrogen) atoms. The van der Waals surface area contributed by atoms with Crippen molar-refractivity contribution in [1.29, 1.82) is 0 Å². The van der Waals surface area contributed by atoms with Gasteiger partial charge < -0.3 is 20.0 Å². The van der Waals surface area contributed by atoms with E-state index in [1.54, 1.807) is 0 Å². The third-order valence-electron chi connectivity index (χ3n) is 4.71. The van der Waals surface area contributed by atoms with Gasteiger partial charge in [-0.2, -0.15) is 0 Å². The molecule has 1 aromatic carbocycles. The minimum atomic E-state index is 0. The van der Waals surface area contributed by atoms with Crippen molar-refractivity contribution in [2.45, 2.75) is 39.3 Å². The first-order valence-corrected chi connectivity index (χ1v) is 10.6. The van der Waals surface area contributed by atoms with Crippen LogP contribution in [0.15, 0.2) is 50.3 Å². The number of nitrogens with one attached hydrogen (secondary N) is 2. The molecular weight excluding hydrogens is 547 g/mol. The summed E-state index contributed by atoms with van der Waals surface area (Å²) >= 11 is 3.45. The smallest absolute Gasteiger partial charge is 0.222 e. The van der Waals surface area contributed by atoms with E-state index in [9.17, 15) is 4.79 Å². The summed E-state index contributed by atoms with van der Waals surface area (Å²) in [5.41, 5.74) is 1.04. The first-order chi connectivity index (χ1) is 13.6. The number of carbonyl (C=O) groups excluding carboxylic acids is 1. The predicted octanol–water partition coefficient (Wildman–Crippen LogP) is 4.39. The maximum atomic E-state index is 11.9. The zero-order valence-electron chi connectivity index (χ0n) is 16.8. The lowest BCUT2D eigenvalue weighted by molar-refractivity contribution is -0.129. The monoisotopic (exact) mass is 574 g/mol. The maximum Gasteiger partial charge on any atom is 0.222 e. The standard InChI is InChI=1S/C21H27BrN4O2.HI/c1-3-20(27)26-12-11-17(14-26)25-21(23-4-2)24-13-18-9-10-19(28-18)15-5-7-16(22)8-6-15;/h5-10,17H,3-4,11-14H2,1-2H3,(H2,23,24,25);1H. The molecule has 0 aliphatic carbocycles. The van der Waals surface area contributed by atoms with Crippen LogP contribution in [-0.4, -0.2) is 42.4 Å². The van der Waals surface area contributed by atoms with Crippen LogP contribution in [0.25, 0.3) is 11.3 Å². The summed E-state index contributed by atoms with van der Waals surface area (Å²) in [5, 5.41) is 6.71. The third kappa shape index (κ3) is 6.74. The van der Waals surface area contributed by atoms with E-state index < -0.39 is 0 Å². The molecule has 2 aromatic rings. The zero-order valence-corrected chi connectivity index (χ0v) is 20.7. The highest BCUT2D eigenvalue weighted by Gasteiger charge is 2.25. The summed E-state index contributed by atoms with van der Waals surface area (Å²) in [7, 11) is 0. The van der Waals surface area contributed by atoms with Gasteiger partial charge in [0.05, 0.1) is 0 Å². The summed E-state index contributed by atoms with van der Waals surface area (Å²) in [6, 6.07) is 12.2. The van der Waals surface area contributed by atoms with Crippen LogP contribution in [0.2, 0.25) is 0 Å². The number of benzene rings is 1. The van der Waals surface area contributed by atoms with E-state index in [2.05, 4.69) is 31.6 Å². The Morgan fingerprint density at radius 2 is 2.00 bits per heavy atom. The number of nitrogens with zero attached hydrogens (tertiary/aromatic N) is 2. The molecular formula is C21H28BrIN4O2. The molecule has 1 aliphatic heterocycles. The molecule has 1 aliphatic rings. The van der Waals surface area contributed by atoms with Gasteiger partial charge in [-0.05, 0) is 37.6 Å². The fourth-order valence-corrected chi connectivity index (χ4v) is 3.50. The lowest BCUT2D eigenvalue weighted by Crippen LogP contribution is -2.45. The Balaban J connectivity index is 0.00000300. The molecule has 2 heterocycles. The lowest BCUT2D eigenvalue weighted by atomic mass is 10.2. The van der Waals surface area contributed by atoms with Crippen molar-refractivity contribution in [3.8, 4) is 11.3 Å². The predicted molar refractivity (Wildman–Crippen MR) is 130 cm³/mol. The second-order valence-corrected chi connectivity index (χ2v) is 7.71. The topological polar surface area (TPSA) is 69.9 Å². The normalized spacial score (nSPS) is 16.4. The highest BCUT2D eigenvalue weighted by atomic mass is 127. The fraction of sp³-hybridized carbons (Fsp3) is 0.429. The molecule has 1 aromatic heterocycles. The minimum absolute atomic E-state index is 0. The molecule has 1 atom stereocenters. The summed E-state index contributed by atoms with van der Waals surface area (Å²) in [4.78, 5) is 18.4. The Labute approximate surface area is 197 Å². The van der Waals surface area contributed by atoms with E-state index in [0.29, 0.717) is 13.0 Å². The van der Waals surface area contributed by atoms with Gasteiger partial charge in [0.2, 0.25) is 5.91 Å². The Bertz CT molecular complexity index is 822. The fourth-order valence-electron chi connectivity index (χ4n) is 3.23. The molecule has 3 rings (SSSR count). The van der Waals surface area contributed by atoms with Gasteiger partial charge in [0.15, 0.2) is 5.96 Å². The highest BCUT2D eigenvalue weighted by Crippen LogP contribution is 2.24. The van der Waals surface area contributed by atoms with E-state index in [-0.39, 0.29) is 35.9 Å². The Morgan fingerprint density at radius 3 is 2.69 bits per heavy atom. The van der Waals surface area contributed by atoms with Crippen molar-refractivity contribution in [2.24, 2.45) is 4.99 Å². The van der Waals surface area contributed by atoms with Gasteiger partial charge in [-0.25, -0.2) is 4.99 Å². The van der Waals surface area contributed by atoms with Gasteiger partial charge in [-0.3, -0.25) is 4.79 Å². The highest BCUT2D eigenvalue weighted by molar-refractivity contribution is 14.0. The number of carbonyl (C=O) groups is 1. The second kappa shape index (κ2) is 11.6. The van der Waals surface area contributed by atoms with Crippen LogP contribution in [0.3, 0.4) is 0 Å². The molecule has 0 bridgehead atoms. The molecule has 1 saturated heterocycles. The van der Waals surface area contributed by atoms with Gasteiger partial charge in [-0.1, -0.05) is 35.0 Å². The van der Waals surface area contributed by atoms with Crippen molar-refractivity contribution < 1.29 is 9.21 Å². The number of furan rings is 1. The molecule has 0 saturated carbocycles. The quantitative estimate of drug-likeness (QED) is 0.305. The van der Waals surface area contributed by atoms with Crippen molar-refractivity contribution in [3.05, 3.63) is 46.6 Å². The van der Waals surface area contributed by atoms with Crippen LogP contribution in [0.5, 0.6) is 0 Å². The summed E-state index contributed by atoms with van der Waals surface area (Å²) in [5.74, 6) is 2.60. The average molecular weight is 575 g/mol. The van der Waals surface area contributed by atoms with Crippen molar-refractivity contribution in [2.75, 3.05) is 19.6 Å².